The highest BCUT2D eigenvalue weighted by molar-refractivity contribution is 5.75. The van der Waals surface area contributed by atoms with Gasteiger partial charge in [0.15, 0.2) is 0 Å². The van der Waals surface area contributed by atoms with Crippen LogP contribution in [-0.4, -0.2) is 51.7 Å². The minimum atomic E-state index is -1.35. The summed E-state index contributed by atoms with van der Waals surface area (Å²) >= 11 is 0. The molecule has 2 rings (SSSR count). The Balaban J connectivity index is 2.11. The second kappa shape index (κ2) is 10.1. The van der Waals surface area contributed by atoms with Crippen molar-refractivity contribution in [3.05, 3.63) is 23.8 Å². The molecule has 7 heteroatoms. The first-order valence-electron chi connectivity index (χ1n) is 10.7. The number of carboxylic acid groups (broad SMARTS) is 1. The summed E-state index contributed by atoms with van der Waals surface area (Å²) in [5.41, 5.74) is 0.290. The average molecular weight is 424 g/mol. The van der Waals surface area contributed by atoms with Crippen LogP contribution in [0.3, 0.4) is 0 Å². The minimum Gasteiger partial charge on any atom is -0.550 e. The van der Waals surface area contributed by atoms with E-state index >= 15 is 0 Å². The molecule has 0 amide bonds. The fourth-order valence-corrected chi connectivity index (χ4v) is 4.39. The Bertz CT molecular complexity index is 676. The molecule has 0 spiro atoms. The highest BCUT2D eigenvalue weighted by Crippen LogP contribution is 2.44. The zero-order valence-corrected chi connectivity index (χ0v) is 18.3. The van der Waals surface area contributed by atoms with Crippen molar-refractivity contribution in [2.24, 2.45) is 23.2 Å². The molecular formula is C23H35O7-. The minimum absolute atomic E-state index is 0.0283. The second-order valence-electron chi connectivity index (χ2n) is 9.77. The molecule has 0 aromatic rings. The maximum absolute atomic E-state index is 12.5. The van der Waals surface area contributed by atoms with Crippen LogP contribution in [0.5, 0.6) is 0 Å². The normalized spacial score (nSPS) is 30.8. The number of esters is 1. The van der Waals surface area contributed by atoms with Crippen LogP contribution in [-0.2, 0) is 14.3 Å². The zero-order valence-electron chi connectivity index (χ0n) is 18.3. The Morgan fingerprint density at radius 2 is 1.93 bits per heavy atom. The molecule has 0 saturated carbocycles. The number of aliphatic carboxylic acids is 1. The standard InChI is InChI=1S/C23H36O7/c1-13-5-6-14-9-16(25)11-19(30-22(29)23(2,3)4)21(14)18(13)8-7-15(24)10-17(26)12-20(27)28/h5-6,9,13,15-19,21,24-26H,7-8,10-12H2,1-4H3,(H,27,28)/p-1/t13-,15+,16+,17+,18-,19-,21-/m0/s1. The van der Waals surface area contributed by atoms with Gasteiger partial charge in [0.2, 0.25) is 0 Å². The summed E-state index contributed by atoms with van der Waals surface area (Å²) in [7, 11) is 0. The molecule has 0 radical (unpaired) electrons. The molecule has 0 unspecified atom stereocenters. The lowest BCUT2D eigenvalue weighted by Crippen LogP contribution is -2.44. The van der Waals surface area contributed by atoms with E-state index in [0.29, 0.717) is 19.3 Å². The van der Waals surface area contributed by atoms with E-state index in [1.807, 2.05) is 12.2 Å². The molecule has 3 N–H and O–H groups in total. The summed E-state index contributed by atoms with van der Waals surface area (Å²) in [6.45, 7) is 7.45. The lowest BCUT2D eigenvalue weighted by atomic mass is 9.66. The van der Waals surface area contributed by atoms with Gasteiger partial charge < -0.3 is 30.0 Å². The first-order valence-corrected chi connectivity index (χ1v) is 10.7. The number of aliphatic hydroxyl groups is 3. The van der Waals surface area contributed by atoms with Gasteiger partial charge in [-0.2, -0.15) is 0 Å². The van der Waals surface area contributed by atoms with Crippen LogP contribution in [0.1, 0.15) is 59.8 Å². The van der Waals surface area contributed by atoms with E-state index in [1.54, 1.807) is 20.8 Å². The van der Waals surface area contributed by atoms with Crippen LogP contribution in [0.15, 0.2) is 23.8 Å². The quantitative estimate of drug-likeness (QED) is 0.499. The predicted octanol–water partition coefficient (Wildman–Crippen LogP) is 1.11. The van der Waals surface area contributed by atoms with Gasteiger partial charge in [-0.3, -0.25) is 4.79 Å². The van der Waals surface area contributed by atoms with Crippen LogP contribution in [0.25, 0.3) is 0 Å². The maximum atomic E-state index is 12.5. The third kappa shape index (κ3) is 6.65. The van der Waals surface area contributed by atoms with Crippen LogP contribution < -0.4 is 5.11 Å². The number of rotatable bonds is 8. The number of ether oxygens (including phenoxy) is 1. The van der Waals surface area contributed by atoms with Crippen LogP contribution in [0.4, 0.5) is 0 Å². The Kier molecular flexibility index (Phi) is 8.25. The summed E-state index contributed by atoms with van der Waals surface area (Å²) in [6, 6.07) is 0. The van der Waals surface area contributed by atoms with E-state index in [0.717, 1.165) is 5.57 Å². The Hall–Kier alpha value is -1.70. The number of hydrogen-bond donors (Lipinski definition) is 3. The van der Waals surface area contributed by atoms with Crippen LogP contribution in [0, 0.1) is 23.2 Å². The molecule has 2 aliphatic carbocycles. The summed E-state index contributed by atoms with van der Waals surface area (Å²) in [5.74, 6) is -1.48. The van der Waals surface area contributed by atoms with Gasteiger partial charge in [-0.1, -0.05) is 25.2 Å². The molecule has 0 aromatic heterocycles. The molecule has 170 valence electrons. The molecule has 0 saturated heterocycles. The van der Waals surface area contributed by atoms with Crippen molar-refractivity contribution in [1.29, 1.82) is 0 Å². The molecular weight excluding hydrogens is 388 g/mol. The van der Waals surface area contributed by atoms with Gasteiger partial charge in [0.05, 0.1) is 23.7 Å². The van der Waals surface area contributed by atoms with E-state index in [-0.39, 0.29) is 30.1 Å². The Labute approximate surface area is 178 Å². The van der Waals surface area contributed by atoms with Crippen molar-refractivity contribution in [3.8, 4) is 0 Å². The second-order valence-corrected chi connectivity index (χ2v) is 9.77. The van der Waals surface area contributed by atoms with Gasteiger partial charge in [0, 0.05) is 24.7 Å². The summed E-state index contributed by atoms with van der Waals surface area (Å²) in [6.07, 6.45) is 3.54. The topological polar surface area (TPSA) is 127 Å². The van der Waals surface area contributed by atoms with Gasteiger partial charge in [-0.25, -0.2) is 0 Å². The van der Waals surface area contributed by atoms with Crippen molar-refractivity contribution >= 4 is 11.9 Å². The van der Waals surface area contributed by atoms with E-state index in [4.69, 9.17) is 4.74 Å². The predicted molar refractivity (Wildman–Crippen MR) is 109 cm³/mol. The van der Waals surface area contributed by atoms with Gasteiger partial charge in [-0.05, 0) is 57.4 Å². The third-order valence-corrected chi connectivity index (χ3v) is 6.02. The van der Waals surface area contributed by atoms with Gasteiger partial charge in [0.25, 0.3) is 0 Å². The number of aliphatic hydroxyl groups excluding tert-OH is 3. The van der Waals surface area contributed by atoms with E-state index in [2.05, 4.69) is 13.0 Å². The molecule has 0 aliphatic heterocycles. The molecule has 0 bridgehead atoms. The monoisotopic (exact) mass is 423 g/mol. The zero-order chi connectivity index (χ0) is 22.6. The number of carbonyl (C=O) groups is 2. The lowest BCUT2D eigenvalue weighted by Gasteiger charge is -2.43. The van der Waals surface area contributed by atoms with Gasteiger partial charge >= 0.3 is 5.97 Å². The molecule has 0 fully saturated rings. The summed E-state index contributed by atoms with van der Waals surface area (Å²) in [4.78, 5) is 23.1. The number of carbonyl (C=O) groups excluding carboxylic acids is 2. The molecule has 7 atom stereocenters. The van der Waals surface area contributed by atoms with Crippen molar-refractivity contribution in [2.45, 2.75) is 84.2 Å². The fraction of sp³-hybridized carbons (Fsp3) is 0.739. The maximum Gasteiger partial charge on any atom is 0.311 e. The van der Waals surface area contributed by atoms with E-state index in [1.165, 1.54) is 0 Å². The number of hydrogen-bond acceptors (Lipinski definition) is 7. The fourth-order valence-electron chi connectivity index (χ4n) is 4.39. The summed E-state index contributed by atoms with van der Waals surface area (Å²) < 4.78 is 5.84. The molecule has 7 nitrogen and oxygen atoms in total. The lowest BCUT2D eigenvalue weighted by molar-refractivity contribution is -0.307. The Morgan fingerprint density at radius 1 is 1.27 bits per heavy atom. The van der Waals surface area contributed by atoms with Crippen molar-refractivity contribution in [3.63, 3.8) is 0 Å². The molecule has 2 aliphatic rings. The molecule has 0 heterocycles. The third-order valence-electron chi connectivity index (χ3n) is 6.02. The van der Waals surface area contributed by atoms with Crippen molar-refractivity contribution in [2.75, 3.05) is 0 Å². The summed E-state index contributed by atoms with van der Waals surface area (Å²) in [5, 5.41) is 40.8. The number of fused-ring (bicyclic) bond motifs is 1. The highest BCUT2D eigenvalue weighted by atomic mass is 16.5. The molecule has 0 aromatic carbocycles. The number of carboxylic acids is 1. The van der Waals surface area contributed by atoms with Crippen LogP contribution in [0.2, 0.25) is 0 Å². The average Bonchev–Trinajstić information content (AvgIpc) is 2.59. The first-order chi connectivity index (χ1) is 13.9. The van der Waals surface area contributed by atoms with E-state index < -0.39 is 42.2 Å². The van der Waals surface area contributed by atoms with E-state index in [9.17, 15) is 30.0 Å². The van der Waals surface area contributed by atoms with Crippen molar-refractivity contribution in [1.82, 2.24) is 0 Å². The van der Waals surface area contributed by atoms with Crippen molar-refractivity contribution < 1.29 is 34.8 Å². The highest BCUT2D eigenvalue weighted by Gasteiger charge is 2.42. The largest absolute Gasteiger partial charge is 0.550 e. The molecule has 30 heavy (non-hydrogen) atoms. The van der Waals surface area contributed by atoms with Gasteiger partial charge in [-0.15, -0.1) is 0 Å². The SMILES string of the molecule is C[C@H]1C=CC2=C[C@@H](O)C[C@H](OC(=O)C(C)(C)C)[C@@H]2[C@H]1CC[C@@H](O)C[C@@H](O)CC(=O)[O-]. The smallest absolute Gasteiger partial charge is 0.311 e. The van der Waals surface area contributed by atoms with Crippen LogP contribution >= 0.6 is 0 Å². The first kappa shape index (κ1) is 24.6. The van der Waals surface area contributed by atoms with Gasteiger partial charge in [0.1, 0.15) is 6.10 Å². The Morgan fingerprint density at radius 3 is 2.53 bits per heavy atom. The number of allylic oxidation sites excluding steroid dienone is 2.